The van der Waals surface area contributed by atoms with Crippen molar-refractivity contribution in [1.29, 1.82) is 0 Å². The Morgan fingerprint density at radius 3 is 2.86 bits per heavy atom. The summed E-state index contributed by atoms with van der Waals surface area (Å²) in [6.07, 6.45) is 5.20. The minimum atomic E-state index is -0.507. The topological polar surface area (TPSA) is 105 Å². The number of nitrogens with one attached hydrogen (secondary N) is 1. The number of aliphatic hydroxyl groups excluding tert-OH is 1. The van der Waals surface area contributed by atoms with E-state index in [1.807, 2.05) is 17.5 Å². The van der Waals surface area contributed by atoms with Crippen LogP contribution >= 0.6 is 11.3 Å². The molecule has 22 heavy (non-hydrogen) atoms. The largest absolute Gasteiger partial charge is 0.507 e. The van der Waals surface area contributed by atoms with Gasteiger partial charge in [0.05, 0.1) is 0 Å². The molecule has 8 heteroatoms. The smallest absolute Gasteiger partial charge is 0.244 e. The average molecular weight is 313 g/mol. The van der Waals surface area contributed by atoms with E-state index in [1.165, 1.54) is 11.3 Å². The maximum Gasteiger partial charge on any atom is 0.244 e. The second-order valence-corrected chi connectivity index (χ2v) is 5.42. The summed E-state index contributed by atoms with van der Waals surface area (Å²) >= 11 is 1.51. The number of pyridine rings is 1. The van der Waals surface area contributed by atoms with E-state index >= 15 is 0 Å². The molecular formula is C14H11N5O2S. The highest BCUT2D eigenvalue weighted by Gasteiger charge is 2.14. The molecule has 0 radical (unpaired) electrons. The lowest BCUT2D eigenvalue weighted by Gasteiger charge is -2.03. The average Bonchev–Trinajstić information content (AvgIpc) is 3.19. The summed E-state index contributed by atoms with van der Waals surface area (Å²) in [5.41, 5.74) is 1.70. The number of rotatable bonds is 5. The van der Waals surface area contributed by atoms with E-state index in [9.17, 15) is 9.90 Å². The van der Waals surface area contributed by atoms with E-state index in [0.717, 1.165) is 16.5 Å². The zero-order chi connectivity index (χ0) is 15.4. The van der Waals surface area contributed by atoms with Gasteiger partial charge in [0.15, 0.2) is 0 Å². The summed E-state index contributed by atoms with van der Waals surface area (Å²) in [4.78, 5) is 16.8. The predicted molar refractivity (Wildman–Crippen MR) is 80.5 cm³/mol. The highest BCUT2D eigenvalue weighted by atomic mass is 32.1. The molecule has 110 valence electrons. The highest BCUT2D eigenvalue weighted by molar-refractivity contribution is 7.10. The maximum absolute atomic E-state index is 11.9. The molecule has 0 bridgehead atoms. The molecule has 0 aliphatic rings. The van der Waals surface area contributed by atoms with Crippen LogP contribution in [0.25, 0.3) is 5.76 Å². The first kappa shape index (κ1) is 14.1. The summed E-state index contributed by atoms with van der Waals surface area (Å²) in [7, 11) is 0. The molecule has 2 N–H and O–H groups in total. The van der Waals surface area contributed by atoms with Crippen LogP contribution in [-0.4, -0.2) is 36.5 Å². The van der Waals surface area contributed by atoms with Gasteiger partial charge in [-0.15, -0.1) is 21.5 Å². The third kappa shape index (κ3) is 3.07. The van der Waals surface area contributed by atoms with Crippen LogP contribution in [-0.2, 0) is 6.42 Å². The summed E-state index contributed by atoms with van der Waals surface area (Å²) in [6.45, 7) is 0. The van der Waals surface area contributed by atoms with Gasteiger partial charge in [-0.3, -0.25) is 9.78 Å². The Bertz CT molecular complexity index is 796. The Morgan fingerprint density at radius 2 is 2.14 bits per heavy atom. The molecule has 0 aromatic carbocycles. The molecule has 3 aromatic heterocycles. The van der Waals surface area contributed by atoms with E-state index in [0.29, 0.717) is 12.0 Å². The van der Waals surface area contributed by atoms with E-state index in [4.69, 9.17) is 0 Å². The van der Waals surface area contributed by atoms with Gasteiger partial charge < -0.3 is 5.11 Å². The predicted octanol–water partition coefficient (Wildman–Crippen LogP) is 2.03. The Morgan fingerprint density at radius 1 is 1.32 bits per heavy atom. The molecular weight excluding hydrogens is 302 g/mol. The van der Waals surface area contributed by atoms with Gasteiger partial charge in [-0.2, -0.15) is 5.21 Å². The quantitative estimate of drug-likeness (QED) is 0.424. The first-order valence-corrected chi connectivity index (χ1v) is 7.26. The number of nitrogens with zero attached hydrogens (tertiary/aromatic N) is 4. The number of hydrogen-bond acceptors (Lipinski definition) is 7. The van der Waals surface area contributed by atoms with Crippen molar-refractivity contribution in [3.63, 3.8) is 0 Å². The van der Waals surface area contributed by atoms with Crippen LogP contribution in [0.15, 0.2) is 42.0 Å². The first-order chi connectivity index (χ1) is 10.7. The summed E-state index contributed by atoms with van der Waals surface area (Å²) < 4.78 is 0. The Balaban J connectivity index is 1.83. The van der Waals surface area contributed by atoms with Crippen molar-refractivity contribution in [2.75, 3.05) is 0 Å². The number of carbonyl (C=O) groups is 1. The third-order valence-electron chi connectivity index (χ3n) is 2.97. The molecule has 0 atom stereocenters. The number of tetrazole rings is 1. The number of aromatic amines is 1. The van der Waals surface area contributed by atoms with Crippen molar-refractivity contribution in [3.05, 3.63) is 63.9 Å². The van der Waals surface area contributed by atoms with Crippen molar-refractivity contribution in [3.8, 4) is 0 Å². The minimum Gasteiger partial charge on any atom is -0.507 e. The number of ketones is 1. The molecule has 0 unspecified atom stereocenters. The van der Waals surface area contributed by atoms with Crippen molar-refractivity contribution in [2.45, 2.75) is 6.42 Å². The minimum absolute atomic E-state index is 0.0857. The molecule has 0 fully saturated rings. The molecule has 0 spiro atoms. The number of thiophene rings is 1. The molecule has 0 aliphatic carbocycles. The lowest BCUT2D eigenvalue weighted by Crippen LogP contribution is -2.00. The van der Waals surface area contributed by atoms with Crippen molar-refractivity contribution < 1.29 is 9.90 Å². The molecule has 3 rings (SSSR count). The van der Waals surface area contributed by atoms with E-state index in [1.54, 1.807) is 18.5 Å². The van der Waals surface area contributed by atoms with Crippen LogP contribution in [0.1, 0.15) is 26.6 Å². The molecule has 0 aliphatic heterocycles. The van der Waals surface area contributed by atoms with Crippen LogP contribution in [0.2, 0.25) is 0 Å². The van der Waals surface area contributed by atoms with Gasteiger partial charge in [0.1, 0.15) is 5.76 Å². The zero-order valence-corrected chi connectivity index (χ0v) is 12.1. The number of aromatic nitrogens is 5. The van der Waals surface area contributed by atoms with Gasteiger partial charge in [-0.1, -0.05) is 0 Å². The fourth-order valence-electron chi connectivity index (χ4n) is 1.92. The molecule has 7 nitrogen and oxygen atoms in total. The van der Waals surface area contributed by atoms with Crippen LogP contribution < -0.4 is 0 Å². The van der Waals surface area contributed by atoms with Gasteiger partial charge in [-0.25, -0.2) is 0 Å². The number of allylic oxidation sites excluding steroid dienone is 1. The molecule has 0 amide bonds. The Labute approximate surface area is 129 Å². The fourth-order valence-corrected chi connectivity index (χ4v) is 2.84. The number of H-pyrrole nitrogens is 1. The van der Waals surface area contributed by atoms with Gasteiger partial charge in [0.25, 0.3) is 0 Å². The van der Waals surface area contributed by atoms with Crippen LogP contribution in [0.3, 0.4) is 0 Å². The summed E-state index contributed by atoms with van der Waals surface area (Å²) in [5, 5.41) is 24.7. The van der Waals surface area contributed by atoms with Gasteiger partial charge >= 0.3 is 0 Å². The number of aliphatic hydroxyl groups is 1. The van der Waals surface area contributed by atoms with Crippen molar-refractivity contribution >= 4 is 22.9 Å². The SMILES string of the molecule is O=C(C=C(O)c1ccsc1Cc1ccncc1)c1nn[nH]n1. The third-order valence-corrected chi connectivity index (χ3v) is 3.89. The monoisotopic (exact) mass is 313 g/mol. The molecule has 3 heterocycles. The molecule has 0 saturated heterocycles. The fraction of sp³-hybridized carbons (Fsp3) is 0.0714. The van der Waals surface area contributed by atoms with Crippen LogP contribution in [0.4, 0.5) is 0 Å². The number of carbonyl (C=O) groups excluding carboxylic acids is 1. The second-order valence-electron chi connectivity index (χ2n) is 4.42. The van der Waals surface area contributed by atoms with E-state index in [2.05, 4.69) is 25.6 Å². The molecule has 0 saturated carbocycles. The molecule has 3 aromatic rings. The normalized spacial score (nSPS) is 11.5. The Kier molecular flexibility index (Phi) is 4.01. The van der Waals surface area contributed by atoms with Crippen molar-refractivity contribution in [2.24, 2.45) is 0 Å². The highest BCUT2D eigenvalue weighted by Crippen LogP contribution is 2.25. The lowest BCUT2D eigenvalue weighted by molar-refractivity contribution is 0.103. The van der Waals surface area contributed by atoms with Crippen LogP contribution in [0, 0.1) is 0 Å². The zero-order valence-electron chi connectivity index (χ0n) is 11.3. The lowest BCUT2D eigenvalue weighted by atomic mass is 10.1. The maximum atomic E-state index is 11.9. The standard InChI is InChI=1S/C14H11N5O2S/c20-11(8-12(21)14-16-18-19-17-14)10-3-6-22-13(10)7-9-1-4-15-5-2-9/h1-6,8,20H,7H2,(H,16,17,18,19). The van der Waals surface area contributed by atoms with Crippen LogP contribution in [0.5, 0.6) is 0 Å². The first-order valence-electron chi connectivity index (χ1n) is 6.38. The summed E-state index contributed by atoms with van der Waals surface area (Å²) in [5.74, 6) is -0.704. The Hall–Kier alpha value is -2.87. The van der Waals surface area contributed by atoms with E-state index in [-0.39, 0.29) is 11.6 Å². The van der Waals surface area contributed by atoms with E-state index < -0.39 is 5.78 Å². The van der Waals surface area contributed by atoms with Crippen molar-refractivity contribution in [1.82, 2.24) is 25.6 Å². The summed E-state index contributed by atoms with van der Waals surface area (Å²) in [6, 6.07) is 5.60. The van der Waals surface area contributed by atoms with Gasteiger partial charge in [0.2, 0.25) is 11.6 Å². The van der Waals surface area contributed by atoms with Gasteiger partial charge in [0, 0.05) is 35.3 Å². The second kappa shape index (κ2) is 6.27. The van der Waals surface area contributed by atoms with Gasteiger partial charge in [-0.05, 0) is 34.4 Å². The number of hydrogen-bond donors (Lipinski definition) is 2.